The number of pyridine rings is 1. The second-order valence-corrected chi connectivity index (χ2v) is 10.8. The molecule has 6 rings (SSSR count). The molecule has 0 radical (unpaired) electrons. The monoisotopic (exact) mass is 518 g/mol. The minimum Gasteiger partial charge on any atom is -0.322 e. The molecule has 39 heavy (non-hydrogen) atoms. The highest BCUT2D eigenvalue weighted by atomic mass is 16.1. The number of fused-ring (bicyclic) bond motifs is 1. The minimum atomic E-state index is -0.337. The Bertz CT molecular complexity index is 1620. The average molecular weight is 519 g/mol. The van der Waals surface area contributed by atoms with Gasteiger partial charge in [-0.3, -0.25) is 9.69 Å². The average Bonchev–Trinajstić information content (AvgIpc) is 3.40. The van der Waals surface area contributed by atoms with E-state index >= 15 is 0 Å². The molecule has 0 amide bonds. The fraction of sp³-hybridized carbons (Fsp3) is 0.312. The Labute approximate surface area is 228 Å². The maximum atomic E-state index is 13.6. The highest BCUT2D eigenvalue weighted by molar-refractivity contribution is 5.81. The molecule has 1 N–H and O–H groups in total. The number of tetrazole rings is 1. The van der Waals surface area contributed by atoms with Crippen molar-refractivity contribution in [3.8, 4) is 0 Å². The van der Waals surface area contributed by atoms with Gasteiger partial charge in [0.1, 0.15) is 6.04 Å². The molecular weight excluding hydrogens is 484 g/mol. The first-order valence-electron chi connectivity index (χ1n) is 13.8. The van der Waals surface area contributed by atoms with Gasteiger partial charge in [-0.1, -0.05) is 60.7 Å². The Hall–Kier alpha value is -4.10. The first kappa shape index (κ1) is 25.2. The molecule has 3 aromatic carbocycles. The van der Waals surface area contributed by atoms with Crippen molar-refractivity contribution >= 4 is 10.9 Å². The number of nitrogens with one attached hydrogen (secondary N) is 1. The molecule has 1 aliphatic rings. The molecular formula is C32H34N6O. The Morgan fingerprint density at radius 1 is 0.897 bits per heavy atom. The van der Waals surface area contributed by atoms with Crippen molar-refractivity contribution in [3.63, 3.8) is 0 Å². The molecule has 2 aromatic heterocycles. The molecule has 0 aliphatic carbocycles. The van der Waals surface area contributed by atoms with Crippen molar-refractivity contribution in [2.75, 3.05) is 13.1 Å². The number of aromatic amines is 1. The topological polar surface area (TPSA) is 79.7 Å². The van der Waals surface area contributed by atoms with Crippen LogP contribution in [0.15, 0.2) is 83.7 Å². The van der Waals surface area contributed by atoms with Gasteiger partial charge in [-0.05, 0) is 108 Å². The highest BCUT2D eigenvalue weighted by Crippen LogP contribution is 2.32. The molecule has 1 unspecified atom stereocenters. The van der Waals surface area contributed by atoms with Gasteiger partial charge in [0.05, 0.1) is 6.54 Å². The predicted molar refractivity (Wildman–Crippen MR) is 154 cm³/mol. The normalized spacial score (nSPS) is 15.5. The first-order valence-corrected chi connectivity index (χ1v) is 13.8. The van der Waals surface area contributed by atoms with Gasteiger partial charge in [-0.25, -0.2) is 4.68 Å². The molecule has 0 bridgehead atoms. The van der Waals surface area contributed by atoms with Gasteiger partial charge >= 0.3 is 0 Å². The standard InChI is InChI=1S/C32H34N6O/c1-22-17-27-20-28(32(39)33-29(27)18-23(22)2)30(31-34-35-36-38(31)21-26-11-7-4-8-12-26)37-15-13-25(14-16-37)19-24-9-5-3-6-10-24/h3-12,17-18,20,25,30H,13-16,19,21H2,1-2H3,(H,33,39). The summed E-state index contributed by atoms with van der Waals surface area (Å²) < 4.78 is 1.85. The van der Waals surface area contributed by atoms with Crippen LogP contribution < -0.4 is 5.56 Å². The van der Waals surface area contributed by atoms with Crippen LogP contribution in [0, 0.1) is 19.8 Å². The SMILES string of the molecule is Cc1cc2cc(C(c3nnnn3Cc3ccccc3)N3CCC(Cc4ccccc4)CC3)c(=O)[nH]c2cc1C. The lowest BCUT2D eigenvalue weighted by Gasteiger charge is -2.37. The summed E-state index contributed by atoms with van der Waals surface area (Å²) in [7, 11) is 0. The lowest BCUT2D eigenvalue weighted by atomic mass is 9.89. The van der Waals surface area contributed by atoms with Gasteiger partial charge in [-0.15, -0.1) is 5.10 Å². The van der Waals surface area contributed by atoms with Gasteiger partial charge in [0, 0.05) is 11.1 Å². The summed E-state index contributed by atoms with van der Waals surface area (Å²) in [6.07, 6.45) is 3.21. The highest BCUT2D eigenvalue weighted by Gasteiger charge is 2.33. The summed E-state index contributed by atoms with van der Waals surface area (Å²) in [5, 5.41) is 14.0. The van der Waals surface area contributed by atoms with Crippen LogP contribution in [0.25, 0.3) is 10.9 Å². The zero-order valence-electron chi connectivity index (χ0n) is 22.5. The molecule has 0 saturated carbocycles. The number of H-pyrrole nitrogens is 1. The Balaban J connectivity index is 1.36. The first-order chi connectivity index (χ1) is 19.0. The summed E-state index contributed by atoms with van der Waals surface area (Å²) in [6.45, 7) is 6.49. The summed E-state index contributed by atoms with van der Waals surface area (Å²) in [6, 6.07) is 26.8. The second kappa shape index (κ2) is 10.9. The van der Waals surface area contributed by atoms with E-state index < -0.39 is 0 Å². The minimum absolute atomic E-state index is 0.0866. The predicted octanol–water partition coefficient (Wildman–Crippen LogP) is 5.22. The van der Waals surface area contributed by atoms with Gasteiger partial charge in [0.15, 0.2) is 5.82 Å². The van der Waals surface area contributed by atoms with E-state index in [0.717, 1.165) is 54.4 Å². The van der Waals surface area contributed by atoms with Crippen molar-refractivity contribution in [1.82, 2.24) is 30.1 Å². The Morgan fingerprint density at radius 2 is 1.56 bits per heavy atom. The molecule has 5 aromatic rings. The number of hydrogen-bond acceptors (Lipinski definition) is 5. The lowest BCUT2D eigenvalue weighted by molar-refractivity contribution is 0.143. The Morgan fingerprint density at radius 3 is 2.28 bits per heavy atom. The van der Waals surface area contributed by atoms with E-state index in [4.69, 9.17) is 0 Å². The smallest absolute Gasteiger partial charge is 0.253 e. The van der Waals surface area contributed by atoms with E-state index in [1.54, 1.807) is 0 Å². The number of benzene rings is 3. The van der Waals surface area contributed by atoms with E-state index in [1.807, 2.05) is 28.9 Å². The molecule has 1 fully saturated rings. The van der Waals surface area contributed by atoms with Crippen molar-refractivity contribution in [1.29, 1.82) is 0 Å². The fourth-order valence-electron chi connectivity index (χ4n) is 5.83. The van der Waals surface area contributed by atoms with E-state index in [9.17, 15) is 4.79 Å². The van der Waals surface area contributed by atoms with Gasteiger partial charge in [0.25, 0.3) is 5.56 Å². The number of likely N-dealkylation sites (tertiary alicyclic amines) is 1. The zero-order chi connectivity index (χ0) is 26.8. The molecule has 7 nitrogen and oxygen atoms in total. The second-order valence-electron chi connectivity index (χ2n) is 10.8. The van der Waals surface area contributed by atoms with Crippen LogP contribution in [0.4, 0.5) is 0 Å². The molecule has 198 valence electrons. The number of rotatable bonds is 7. The summed E-state index contributed by atoms with van der Waals surface area (Å²) in [4.78, 5) is 19.2. The molecule has 0 spiro atoms. The molecule has 3 heterocycles. The number of hydrogen-bond donors (Lipinski definition) is 1. The van der Waals surface area contributed by atoms with Crippen LogP contribution in [-0.2, 0) is 13.0 Å². The van der Waals surface area contributed by atoms with Crippen LogP contribution >= 0.6 is 0 Å². The number of aromatic nitrogens is 5. The third-order valence-electron chi connectivity index (χ3n) is 8.14. The summed E-state index contributed by atoms with van der Waals surface area (Å²) in [5.74, 6) is 1.32. The van der Waals surface area contributed by atoms with E-state index in [0.29, 0.717) is 23.9 Å². The van der Waals surface area contributed by atoms with Crippen LogP contribution in [0.1, 0.15) is 52.5 Å². The van der Waals surface area contributed by atoms with E-state index in [2.05, 4.69) is 93.9 Å². The number of aryl methyl sites for hydroxylation is 2. The maximum absolute atomic E-state index is 13.6. The largest absolute Gasteiger partial charge is 0.322 e. The zero-order valence-corrected chi connectivity index (χ0v) is 22.5. The summed E-state index contributed by atoms with van der Waals surface area (Å²) in [5.41, 5.74) is 6.33. The fourth-order valence-corrected chi connectivity index (χ4v) is 5.83. The van der Waals surface area contributed by atoms with Gasteiger partial charge in [-0.2, -0.15) is 0 Å². The molecule has 1 saturated heterocycles. The third-order valence-corrected chi connectivity index (χ3v) is 8.14. The van der Waals surface area contributed by atoms with E-state index in [1.165, 1.54) is 11.1 Å². The van der Waals surface area contributed by atoms with Gasteiger partial charge < -0.3 is 4.98 Å². The van der Waals surface area contributed by atoms with Crippen molar-refractivity contribution in [2.24, 2.45) is 5.92 Å². The number of piperidine rings is 1. The Kier molecular flexibility index (Phi) is 7.07. The molecule has 1 atom stereocenters. The van der Waals surface area contributed by atoms with Crippen LogP contribution in [-0.4, -0.2) is 43.2 Å². The van der Waals surface area contributed by atoms with Crippen molar-refractivity contribution in [2.45, 2.75) is 45.7 Å². The van der Waals surface area contributed by atoms with Crippen LogP contribution in [0.5, 0.6) is 0 Å². The maximum Gasteiger partial charge on any atom is 0.253 e. The number of nitrogens with zero attached hydrogens (tertiary/aromatic N) is 5. The molecule has 7 heteroatoms. The van der Waals surface area contributed by atoms with Crippen LogP contribution in [0.3, 0.4) is 0 Å². The van der Waals surface area contributed by atoms with Gasteiger partial charge in [0.2, 0.25) is 0 Å². The summed E-state index contributed by atoms with van der Waals surface area (Å²) >= 11 is 0. The van der Waals surface area contributed by atoms with Crippen LogP contribution in [0.2, 0.25) is 0 Å². The van der Waals surface area contributed by atoms with Crippen molar-refractivity contribution < 1.29 is 0 Å². The van der Waals surface area contributed by atoms with E-state index in [-0.39, 0.29) is 11.6 Å². The van der Waals surface area contributed by atoms with Crippen molar-refractivity contribution in [3.05, 3.63) is 123 Å². The lowest BCUT2D eigenvalue weighted by Crippen LogP contribution is -2.41. The molecule has 1 aliphatic heterocycles. The quantitative estimate of drug-likeness (QED) is 0.319. The third kappa shape index (κ3) is 5.40.